The first kappa shape index (κ1) is 21.1. The van der Waals surface area contributed by atoms with Crippen LogP contribution in [0, 0.1) is 17.0 Å². The van der Waals surface area contributed by atoms with Crippen molar-refractivity contribution < 1.29 is 14.5 Å². The number of nitro groups is 1. The molecule has 7 heteroatoms. The molecule has 1 amide bonds. The van der Waals surface area contributed by atoms with Gasteiger partial charge in [0.2, 0.25) is 0 Å². The molecule has 0 aliphatic heterocycles. The minimum atomic E-state index is -0.469. The van der Waals surface area contributed by atoms with Crippen molar-refractivity contribution in [1.29, 1.82) is 0 Å². The minimum absolute atomic E-state index is 0.0628. The highest BCUT2D eigenvalue weighted by molar-refractivity contribution is 9.10. The van der Waals surface area contributed by atoms with Crippen molar-refractivity contribution in [2.45, 2.75) is 26.7 Å². The number of hydrogen-bond donors (Lipinski definition) is 0. The van der Waals surface area contributed by atoms with Crippen LogP contribution in [0.25, 0.3) is 0 Å². The average Bonchev–Trinajstić information content (AvgIpc) is 2.65. The van der Waals surface area contributed by atoms with Crippen LogP contribution in [0.15, 0.2) is 46.9 Å². The summed E-state index contributed by atoms with van der Waals surface area (Å²) in [7, 11) is 0. The number of hydrogen-bond acceptors (Lipinski definition) is 4. The van der Waals surface area contributed by atoms with Crippen molar-refractivity contribution in [2.24, 2.45) is 0 Å². The maximum Gasteiger partial charge on any atom is 0.273 e. The van der Waals surface area contributed by atoms with Gasteiger partial charge in [-0.25, -0.2) is 0 Å². The van der Waals surface area contributed by atoms with Gasteiger partial charge in [0.15, 0.2) is 0 Å². The Balaban J connectivity index is 2.33. The van der Waals surface area contributed by atoms with Crippen LogP contribution < -0.4 is 4.90 Å². The van der Waals surface area contributed by atoms with Crippen LogP contribution in [0.1, 0.15) is 35.7 Å². The van der Waals surface area contributed by atoms with Crippen molar-refractivity contribution in [3.63, 3.8) is 0 Å². The second-order valence-electron chi connectivity index (χ2n) is 6.08. The summed E-state index contributed by atoms with van der Waals surface area (Å²) in [6, 6.07) is 12.0. The molecule has 0 heterocycles. The molecule has 0 saturated heterocycles. The Morgan fingerprint density at radius 3 is 2.59 bits per heavy atom. The van der Waals surface area contributed by atoms with Crippen LogP contribution in [0.3, 0.4) is 0 Å². The SMILES string of the molecule is CCCCOCCN(C(=O)c1cccc([N+](=O)[O-])c1C)c1ccccc1Br. The number of benzene rings is 2. The van der Waals surface area contributed by atoms with Crippen LogP contribution >= 0.6 is 15.9 Å². The number of amides is 1. The Bertz CT molecular complexity index is 810. The normalized spacial score (nSPS) is 10.6. The van der Waals surface area contributed by atoms with Gasteiger partial charge in [-0.15, -0.1) is 0 Å². The topological polar surface area (TPSA) is 72.7 Å². The fourth-order valence-electron chi connectivity index (χ4n) is 2.70. The van der Waals surface area contributed by atoms with E-state index in [-0.39, 0.29) is 11.6 Å². The summed E-state index contributed by atoms with van der Waals surface area (Å²) < 4.78 is 6.40. The summed E-state index contributed by atoms with van der Waals surface area (Å²) in [5.41, 5.74) is 1.31. The predicted molar refractivity (Wildman–Crippen MR) is 109 cm³/mol. The summed E-state index contributed by atoms with van der Waals surface area (Å²) in [6.07, 6.45) is 2.01. The van der Waals surface area contributed by atoms with Crippen LogP contribution in [-0.2, 0) is 4.74 Å². The first-order chi connectivity index (χ1) is 13.0. The molecule has 0 fully saturated rings. The minimum Gasteiger partial charge on any atom is -0.380 e. The van der Waals surface area contributed by atoms with E-state index >= 15 is 0 Å². The Hall–Kier alpha value is -2.25. The fourth-order valence-corrected chi connectivity index (χ4v) is 3.20. The first-order valence-electron chi connectivity index (χ1n) is 8.85. The molecule has 0 spiro atoms. The van der Waals surface area contributed by atoms with Gasteiger partial charge in [-0.2, -0.15) is 0 Å². The van der Waals surface area contributed by atoms with Crippen LogP contribution in [-0.4, -0.2) is 30.6 Å². The second-order valence-corrected chi connectivity index (χ2v) is 6.94. The van der Waals surface area contributed by atoms with E-state index in [1.54, 1.807) is 17.9 Å². The van der Waals surface area contributed by atoms with Crippen molar-refractivity contribution in [2.75, 3.05) is 24.7 Å². The molecule has 0 bridgehead atoms. The Morgan fingerprint density at radius 1 is 1.19 bits per heavy atom. The van der Waals surface area contributed by atoms with E-state index in [2.05, 4.69) is 22.9 Å². The number of unbranched alkanes of at least 4 members (excludes halogenated alkanes) is 1. The fraction of sp³-hybridized carbons (Fsp3) is 0.350. The van der Waals surface area contributed by atoms with Gasteiger partial charge < -0.3 is 9.64 Å². The van der Waals surface area contributed by atoms with Crippen LogP contribution in [0.4, 0.5) is 11.4 Å². The average molecular weight is 435 g/mol. The molecule has 27 heavy (non-hydrogen) atoms. The zero-order chi connectivity index (χ0) is 19.8. The zero-order valence-corrected chi connectivity index (χ0v) is 17.1. The van der Waals surface area contributed by atoms with Gasteiger partial charge in [0.1, 0.15) is 0 Å². The van der Waals surface area contributed by atoms with E-state index in [1.807, 2.05) is 24.3 Å². The van der Waals surface area contributed by atoms with Gasteiger partial charge in [-0.05, 0) is 47.5 Å². The molecule has 0 N–H and O–H groups in total. The number of rotatable bonds is 9. The summed E-state index contributed by atoms with van der Waals surface area (Å²) >= 11 is 3.48. The third-order valence-corrected chi connectivity index (χ3v) is 4.89. The molecule has 144 valence electrons. The lowest BCUT2D eigenvalue weighted by atomic mass is 10.1. The van der Waals surface area contributed by atoms with E-state index in [0.717, 1.165) is 17.3 Å². The predicted octanol–water partition coefficient (Wildman–Crippen LogP) is 5.13. The smallest absolute Gasteiger partial charge is 0.273 e. The molecule has 2 aromatic rings. The molecule has 0 aliphatic carbocycles. The lowest BCUT2D eigenvalue weighted by Gasteiger charge is -2.24. The van der Waals surface area contributed by atoms with Gasteiger partial charge >= 0.3 is 0 Å². The molecule has 0 radical (unpaired) electrons. The molecular weight excluding hydrogens is 412 g/mol. The zero-order valence-electron chi connectivity index (χ0n) is 15.5. The molecular formula is C20H23BrN2O4. The number of nitrogens with zero attached hydrogens (tertiary/aromatic N) is 2. The highest BCUT2D eigenvalue weighted by Crippen LogP contribution is 2.29. The van der Waals surface area contributed by atoms with Gasteiger partial charge in [0.25, 0.3) is 11.6 Å². The highest BCUT2D eigenvalue weighted by atomic mass is 79.9. The third-order valence-electron chi connectivity index (χ3n) is 4.22. The monoisotopic (exact) mass is 434 g/mol. The molecule has 0 saturated carbocycles. The van der Waals surface area contributed by atoms with E-state index < -0.39 is 4.92 Å². The lowest BCUT2D eigenvalue weighted by molar-refractivity contribution is -0.385. The summed E-state index contributed by atoms with van der Waals surface area (Å²) in [6.45, 7) is 5.07. The molecule has 0 aromatic heterocycles. The number of halogens is 1. The molecule has 0 aliphatic rings. The first-order valence-corrected chi connectivity index (χ1v) is 9.64. The summed E-state index contributed by atoms with van der Waals surface area (Å²) in [5, 5.41) is 11.2. The van der Waals surface area contributed by atoms with E-state index in [9.17, 15) is 14.9 Å². The highest BCUT2D eigenvalue weighted by Gasteiger charge is 2.24. The van der Waals surface area contributed by atoms with Gasteiger partial charge in [-0.1, -0.05) is 31.5 Å². The number of ether oxygens (including phenoxy) is 1. The molecule has 2 rings (SSSR count). The quantitative estimate of drug-likeness (QED) is 0.311. The third kappa shape index (κ3) is 5.37. The largest absolute Gasteiger partial charge is 0.380 e. The summed E-state index contributed by atoms with van der Waals surface area (Å²) in [4.78, 5) is 25.6. The molecule has 0 unspecified atom stereocenters. The van der Waals surface area contributed by atoms with Crippen molar-refractivity contribution in [1.82, 2.24) is 0 Å². The Labute approximate surface area is 167 Å². The van der Waals surface area contributed by atoms with E-state index in [1.165, 1.54) is 12.1 Å². The maximum atomic E-state index is 13.2. The van der Waals surface area contributed by atoms with Crippen molar-refractivity contribution in [3.8, 4) is 0 Å². The molecule has 6 nitrogen and oxygen atoms in total. The molecule has 0 atom stereocenters. The van der Waals surface area contributed by atoms with E-state index in [0.29, 0.717) is 36.6 Å². The molecule has 2 aromatic carbocycles. The number of carbonyl (C=O) groups is 1. The van der Waals surface area contributed by atoms with Gasteiger partial charge in [-0.3, -0.25) is 14.9 Å². The number of carbonyl (C=O) groups excluding carboxylic acids is 1. The van der Waals surface area contributed by atoms with Gasteiger partial charge in [0.05, 0.1) is 17.2 Å². The number of anilines is 1. The maximum absolute atomic E-state index is 13.2. The Morgan fingerprint density at radius 2 is 1.93 bits per heavy atom. The number of para-hydroxylation sites is 1. The van der Waals surface area contributed by atoms with Crippen molar-refractivity contribution in [3.05, 3.63) is 68.2 Å². The Kier molecular flexibility index (Phi) is 7.94. The van der Waals surface area contributed by atoms with E-state index in [4.69, 9.17) is 4.74 Å². The van der Waals surface area contributed by atoms with Crippen LogP contribution in [0.2, 0.25) is 0 Å². The van der Waals surface area contributed by atoms with Crippen molar-refractivity contribution >= 4 is 33.2 Å². The summed E-state index contributed by atoms with van der Waals surface area (Å²) in [5.74, 6) is -0.290. The second kappa shape index (κ2) is 10.2. The number of nitro benzene ring substituents is 1. The van der Waals surface area contributed by atoms with Crippen LogP contribution in [0.5, 0.6) is 0 Å². The standard InChI is InChI=1S/C20H23BrN2O4/c1-3-4-13-27-14-12-22(19-10-6-5-9-17(19)21)20(24)16-8-7-11-18(15(16)2)23(25)26/h5-11H,3-4,12-14H2,1-2H3. The van der Waals surface area contributed by atoms with Gasteiger partial charge in [0, 0.05) is 34.8 Å². The lowest BCUT2D eigenvalue weighted by Crippen LogP contribution is -2.35.